The van der Waals surface area contributed by atoms with Crippen LogP contribution in [-0.4, -0.2) is 23.5 Å². The Morgan fingerprint density at radius 2 is 2.11 bits per heavy atom. The molecule has 46 valence electrons. The third-order valence-corrected chi connectivity index (χ3v) is 4.57. The van der Waals surface area contributed by atoms with Crippen molar-refractivity contribution in [2.75, 3.05) is 0 Å². The molecule has 0 saturated heterocycles. The number of carbonyl (C=O) groups is 1. The second-order valence-electron chi connectivity index (χ2n) is 1.73. The SMILES string of the molecule is N[C](=O)[Ge]1=[CH]C=CC=[CH]1. The molecular formula is C6H7GeNO. The van der Waals surface area contributed by atoms with Crippen LogP contribution in [0.1, 0.15) is 0 Å². The van der Waals surface area contributed by atoms with E-state index in [2.05, 4.69) is 0 Å². The summed E-state index contributed by atoms with van der Waals surface area (Å²) in [5.41, 5.74) is 5.09. The molecule has 0 aromatic rings. The van der Waals surface area contributed by atoms with Crippen molar-refractivity contribution in [2.45, 2.75) is 0 Å². The molecule has 0 spiro atoms. The Labute approximate surface area is 57.7 Å². The fourth-order valence-electron chi connectivity index (χ4n) is 0.602. The van der Waals surface area contributed by atoms with E-state index in [1.54, 1.807) is 0 Å². The van der Waals surface area contributed by atoms with Gasteiger partial charge < -0.3 is 0 Å². The van der Waals surface area contributed by atoms with Crippen molar-refractivity contribution in [3.05, 3.63) is 23.1 Å². The van der Waals surface area contributed by atoms with E-state index in [9.17, 15) is 4.79 Å². The zero-order chi connectivity index (χ0) is 6.69. The van der Waals surface area contributed by atoms with E-state index in [0.29, 0.717) is 0 Å². The number of hydrogen-bond acceptors (Lipinski definition) is 1. The fraction of sp³-hybridized carbons (Fsp3) is 0. The Hall–Kier alpha value is -0.637. The number of nitrogens with two attached hydrogens (primary N) is 1. The maximum atomic E-state index is 10.5. The summed E-state index contributed by atoms with van der Waals surface area (Å²) in [6.07, 6.45) is 5.68. The molecule has 0 unspecified atom stereocenters. The van der Waals surface area contributed by atoms with E-state index in [1.165, 1.54) is 0 Å². The molecular weight excluding hydrogens is 175 g/mol. The van der Waals surface area contributed by atoms with Gasteiger partial charge in [0.05, 0.1) is 0 Å². The summed E-state index contributed by atoms with van der Waals surface area (Å²) >= 11 is -1.70. The third-order valence-electron chi connectivity index (χ3n) is 1.06. The molecule has 2 N–H and O–H groups in total. The quantitative estimate of drug-likeness (QED) is 0.577. The van der Waals surface area contributed by atoms with Gasteiger partial charge in [0, 0.05) is 0 Å². The normalized spacial score (nSPS) is 15.3. The van der Waals surface area contributed by atoms with Crippen LogP contribution in [0.5, 0.6) is 0 Å². The summed E-state index contributed by atoms with van der Waals surface area (Å²) in [5, 5.41) is 0. The standard InChI is InChI=1S/C6H7GeNO/c8-6(9)7-4-2-1-3-5-7/h1-5H,(H2,8,9). The average molecular weight is 182 g/mol. The van der Waals surface area contributed by atoms with E-state index in [-0.39, 0.29) is 4.74 Å². The maximum absolute atomic E-state index is 10.5. The van der Waals surface area contributed by atoms with Crippen molar-refractivity contribution in [2.24, 2.45) is 5.73 Å². The van der Waals surface area contributed by atoms with Gasteiger partial charge in [-0.2, -0.15) is 0 Å². The van der Waals surface area contributed by atoms with Crippen molar-refractivity contribution in [1.82, 2.24) is 0 Å². The second kappa shape index (κ2) is 2.78. The first-order valence-corrected chi connectivity index (χ1v) is 6.13. The number of carbonyl (C=O) groups excluding carboxylic acids is 1. The van der Waals surface area contributed by atoms with Crippen LogP contribution < -0.4 is 5.73 Å². The Kier molecular flexibility index (Phi) is 2.00. The molecule has 2 nitrogen and oxygen atoms in total. The number of primary amides is 1. The monoisotopic (exact) mass is 183 g/mol. The molecule has 0 fully saturated rings. The molecule has 1 aliphatic heterocycles. The Balaban J connectivity index is 2.84. The van der Waals surface area contributed by atoms with Gasteiger partial charge in [-0.25, -0.2) is 0 Å². The van der Waals surface area contributed by atoms with Gasteiger partial charge in [-0.3, -0.25) is 0 Å². The fourth-order valence-corrected chi connectivity index (χ4v) is 2.86. The van der Waals surface area contributed by atoms with Gasteiger partial charge in [0.1, 0.15) is 0 Å². The van der Waals surface area contributed by atoms with Crippen LogP contribution in [0.15, 0.2) is 23.1 Å². The minimum absolute atomic E-state index is 0.129. The summed E-state index contributed by atoms with van der Waals surface area (Å²) in [7, 11) is 0. The third kappa shape index (κ3) is 1.64. The van der Waals surface area contributed by atoms with Crippen LogP contribution >= 0.6 is 0 Å². The van der Waals surface area contributed by atoms with Crippen molar-refractivity contribution < 1.29 is 4.79 Å². The predicted octanol–water partition coefficient (Wildman–Crippen LogP) is 0.191. The van der Waals surface area contributed by atoms with Gasteiger partial charge >= 0.3 is 57.2 Å². The van der Waals surface area contributed by atoms with Crippen LogP contribution in [0.25, 0.3) is 0 Å². The van der Waals surface area contributed by atoms with Crippen molar-refractivity contribution in [3.8, 4) is 0 Å². The van der Waals surface area contributed by atoms with Crippen LogP contribution in [-0.2, 0) is 0 Å². The number of allylic oxidation sites excluding steroid dienone is 3. The summed E-state index contributed by atoms with van der Waals surface area (Å²) in [4.78, 5) is 14.4. The molecule has 1 amide bonds. The molecule has 0 atom stereocenters. The van der Waals surface area contributed by atoms with Gasteiger partial charge in [0.2, 0.25) is 0 Å². The zero-order valence-electron chi connectivity index (χ0n) is 4.87. The molecule has 0 saturated carbocycles. The van der Waals surface area contributed by atoms with E-state index in [1.807, 2.05) is 28.0 Å². The molecule has 1 aliphatic rings. The number of hydrogen-bond donors (Lipinski definition) is 1. The summed E-state index contributed by atoms with van der Waals surface area (Å²) < 4.78 is -0.129. The summed E-state index contributed by atoms with van der Waals surface area (Å²) in [6.45, 7) is 0. The first kappa shape index (κ1) is 6.48. The average Bonchev–Trinajstić information content (AvgIpc) is 1.90. The molecule has 9 heavy (non-hydrogen) atoms. The van der Waals surface area contributed by atoms with E-state index < -0.39 is 13.9 Å². The molecule has 1 rings (SSSR count). The second-order valence-corrected chi connectivity index (χ2v) is 6.07. The first-order chi connectivity index (χ1) is 4.30. The summed E-state index contributed by atoms with van der Waals surface area (Å²) in [6, 6.07) is 0. The Morgan fingerprint density at radius 1 is 1.33 bits per heavy atom. The minimum atomic E-state index is -1.70. The van der Waals surface area contributed by atoms with Gasteiger partial charge in [0.15, 0.2) is 0 Å². The van der Waals surface area contributed by atoms with E-state index in [4.69, 9.17) is 5.73 Å². The zero-order valence-corrected chi connectivity index (χ0v) is 6.97. The number of rotatable bonds is 1. The molecule has 0 radical (unpaired) electrons. The molecule has 0 aromatic carbocycles. The predicted molar refractivity (Wildman–Crippen MR) is 39.7 cm³/mol. The number of amides is 1. The van der Waals surface area contributed by atoms with Gasteiger partial charge in [-0.1, -0.05) is 0 Å². The van der Waals surface area contributed by atoms with Crippen molar-refractivity contribution in [1.29, 1.82) is 0 Å². The molecule has 0 aromatic heterocycles. The molecule has 3 heteroatoms. The topological polar surface area (TPSA) is 43.1 Å². The van der Waals surface area contributed by atoms with E-state index in [0.717, 1.165) is 0 Å². The Bertz CT molecular complexity index is 215. The van der Waals surface area contributed by atoms with Gasteiger partial charge in [-0.05, 0) is 0 Å². The van der Waals surface area contributed by atoms with Crippen LogP contribution in [0.4, 0.5) is 4.79 Å². The summed E-state index contributed by atoms with van der Waals surface area (Å²) in [5.74, 6) is 0. The Morgan fingerprint density at radius 3 is 2.44 bits per heavy atom. The van der Waals surface area contributed by atoms with Gasteiger partial charge in [0.25, 0.3) is 0 Å². The van der Waals surface area contributed by atoms with Crippen LogP contribution in [0, 0.1) is 0 Å². The van der Waals surface area contributed by atoms with Crippen LogP contribution in [0.3, 0.4) is 0 Å². The van der Waals surface area contributed by atoms with Crippen molar-refractivity contribution in [3.63, 3.8) is 0 Å². The van der Waals surface area contributed by atoms with E-state index >= 15 is 0 Å². The first-order valence-electron chi connectivity index (χ1n) is 2.65. The molecule has 0 bridgehead atoms. The van der Waals surface area contributed by atoms with Crippen LogP contribution in [0.2, 0.25) is 0 Å². The van der Waals surface area contributed by atoms with Gasteiger partial charge in [-0.15, -0.1) is 0 Å². The molecule has 1 heterocycles. The van der Waals surface area contributed by atoms with Crippen molar-refractivity contribution >= 4 is 23.5 Å². The molecule has 0 aliphatic carbocycles.